The molecule has 3 rings (SSSR count). The number of ether oxygens (including phenoxy) is 2. The second-order valence-corrected chi connectivity index (χ2v) is 6.22. The smallest absolute Gasteiger partial charge is 0.251 e. The lowest BCUT2D eigenvalue weighted by Gasteiger charge is -2.26. The summed E-state index contributed by atoms with van der Waals surface area (Å²) in [7, 11) is 0. The summed E-state index contributed by atoms with van der Waals surface area (Å²) in [4.78, 5) is 18.7. The number of amides is 1. The molecule has 128 valence electrons. The molecule has 0 spiro atoms. The molecule has 0 unspecified atom stereocenters. The maximum atomic E-state index is 12.3. The third-order valence-electron chi connectivity index (χ3n) is 3.78. The van der Waals surface area contributed by atoms with E-state index in [2.05, 4.69) is 15.2 Å². The lowest BCUT2D eigenvalue weighted by molar-refractivity contribution is 0.0383. The van der Waals surface area contributed by atoms with E-state index in [9.17, 15) is 4.79 Å². The molecule has 1 amide bonds. The molecule has 7 heteroatoms. The number of nitrogens with one attached hydrogen (secondary N) is 1. The van der Waals surface area contributed by atoms with Crippen LogP contribution < -0.4 is 10.1 Å². The van der Waals surface area contributed by atoms with Gasteiger partial charge in [-0.1, -0.05) is 6.07 Å². The van der Waals surface area contributed by atoms with Gasteiger partial charge in [0.25, 0.3) is 5.91 Å². The van der Waals surface area contributed by atoms with Crippen LogP contribution in [0.25, 0.3) is 0 Å². The van der Waals surface area contributed by atoms with E-state index in [0.29, 0.717) is 24.5 Å². The minimum Gasteiger partial charge on any atom is -0.487 e. The SMILES string of the molecule is O=C(NCCN1CCOCC1)c1cccc(OCc2cscn2)c1. The molecule has 2 aromatic rings. The first-order valence-corrected chi connectivity index (χ1v) is 8.94. The molecule has 24 heavy (non-hydrogen) atoms. The highest BCUT2D eigenvalue weighted by Gasteiger charge is 2.11. The number of benzene rings is 1. The summed E-state index contributed by atoms with van der Waals surface area (Å²) in [5.74, 6) is 0.589. The number of rotatable bonds is 7. The van der Waals surface area contributed by atoms with Crippen LogP contribution in [0.3, 0.4) is 0 Å². The van der Waals surface area contributed by atoms with E-state index < -0.39 is 0 Å². The van der Waals surface area contributed by atoms with Crippen LogP contribution in [0.1, 0.15) is 16.1 Å². The summed E-state index contributed by atoms with van der Waals surface area (Å²) in [5, 5.41) is 4.90. The van der Waals surface area contributed by atoms with Gasteiger partial charge in [-0.05, 0) is 18.2 Å². The predicted octanol–water partition coefficient (Wildman–Crippen LogP) is 1.78. The van der Waals surface area contributed by atoms with Crippen LogP contribution in [0.5, 0.6) is 5.75 Å². The molecule has 0 radical (unpaired) electrons. The van der Waals surface area contributed by atoms with E-state index in [4.69, 9.17) is 9.47 Å². The standard InChI is InChI=1S/C17H21N3O3S/c21-17(18-4-5-20-6-8-22-9-7-20)14-2-1-3-16(10-14)23-11-15-12-24-13-19-15/h1-3,10,12-13H,4-9,11H2,(H,18,21). The third-order valence-corrected chi connectivity index (χ3v) is 4.42. The molecule has 1 N–H and O–H groups in total. The van der Waals surface area contributed by atoms with E-state index in [-0.39, 0.29) is 5.91 Å². The Bertz CT molecular complexity index is 642. The summed E-state index contributed by atoms with van der Waals surface area (Å²) < 4.78 is 11.0. The summed E-state index contributed by atoms with van der Waals surface area (Å²) in [6, 6.07) is 7.22. The van der Waals surface area contributed by atoms with Crippen LogP contribution in [-0.2, 0) is 11.3 Å². The molecule has 1 aliphatic heterocycles. The van der Waals surface area contributed by atoms with Crippen LogP contribution in [0.4, 0.5) is 0 Å². The van der Waals surface area contributed by atoms with Gasteiger partial charge in [0, 0.05) is 37.1 Å². The van der Waals surface area contributed by atoms with Gasteiger partial charge in [-0.3, -0.25) is 9.69 Å². The highest BCUT2D eigenvalue weighted by Crippen LogP contribution is 2.15. The van der Waals surface area contributed by atoms with E-state index in [1.165, 1.54) is 11.3 Å². The quantitative estimate of drug-likeness (QED) is 0.827. The van der Waals surface area contributed by atoms with E-state index in [1.807, 2.05) is 17.5 Å². The van der Waals surface area contributed by atoms with Gasteiger partial charge in [0.1, 0.15) is 12.4 Å². The van der Waals surface area contributed by atoms with E-state index >= 15 is 0 Å². The van der Waals surface area contributed by atoms with Crippen molar-refractivity contribution in [2.24, 2.45) is 0 Å². The van der Waals surface area contributed by atoms with Crippen molar-refractivity contribution >= 4 is 17.2 Å². The van der Waals surface area contributed by atoms with E-state index in [1.54, 1.807) is 17.6 Å². The fourth-order valence-corrected chi connectivity index (χ4v) is 2.99. The fourth-order valence-electron chi connectivity index (χ4n) is 2.45. The van der Waals surface area contributed by atoms with Crippen LogP contribution in [0.15, 0.2) is 35.2 Å². The number of nitrogens with zero attached hydrogens (tertiary/aromatic N) is 2. The van der Waals surface area contributed by atoms with Crippen LogP contribution in [0.2, 0.25) is 0 Å². The highest BCUT2D eigenvalue weighted by molar-refractivity contribution is 7.07. The summed E-state index contributed by atoms with van der Waals surface area (Å²) >= 11 is 1.54. The topological polar surface area (TPSA) is 63.7 Å². The second-order valence-electron chi connectivity index (χ2n) is 5.51. The lowest BCUT2D eigenvalue weighted by Crippen LogP contribution is -2.41. The van der Waals surface area contributed by atoms with Gasteiger partial charge in [-0.2, -0.15) is 0 Å². The Morgan fingerprint density at radius 2 is 2.25 bits per heavy atom. The van der Waals surface area contributed by atoms with Crippen molar-refractivity contribution in [1.82, 2.24) is 15.2 Å². The molecule has 0 atom stereocenters. The highest BCUT2D eigenvalue weighted by atomic mass is 32.1. The van der Waals surface area contributed by atoms with Crippen molar-refractivity contribution in [3.63, 3.8) is 0 Å². The maximum absolute atomic E-state index is 12.3. The second kappa shape index (κ2) is 8.77. The zero-order valence-electron chi connectivity index (χ0n) is 13.4. The molecule has 0 saturated carbocycles. The normalized spacial score (nSPS) is 15.2. The lowest BCUT2D eigenvalue weighted by atomic mass is 10.2. The number of aromatic nitrogens is 1. The van der Waals surface area contributed by atoms with Crippen molar-refractivity contribution in [2.75, 3.05) is 39.4 Å². The van der Waals surface area contributed by atoms with Gasteiger partial charge < -0.3 is 14.8 Å². The van der Waals surface area contributed by atoms with Crippen molar-refractivity contribution in [3.8, 4) is 5.75 Å². The van der Waals surface area contributed by atoms with Gasteiger partial charge in [0.15, 0.2) is 0 Å². The minimum atomic E-state index is -0.0811. The largest absolute Gasteiger partial charge is 0.487 e. The molecule has 0 aliphatic carbocycles. The van der Waals surface area contributed by atoms with Crippen LogP contribution in [-0.4, -0.2) is 55.2 Å². The predicted molar refractivity (Wildman–Crippen MR) is 92.5 cm³/mol. The van der Waals surface area contributed by atoms with Gasteiger partial charge >= 0.3 is 0 Å². The maximum Gasteiger partial charge on any atom is 0.251 e. The molecular formula is C17H21N3O3S. The zero-order valence-corrected chi connectivity index (χ0v) is 14.3. The van der Waals surface area contributed by atoms with Crippen molar-refractivity contribution in [3.05, 3.63) is 46.4 Å². The monoisotopic (exact) mass is 347 g/mol. The Kier molecular flexibility index (Phi) is 6.17. The molecule has 1 aromatic carbocycles. The first-order valence-electron chi connectivity index (χ1n) is 7.99. The summed E-state index contributed by atoms with van der Waals surface area (Å²) in [5.41, 5.74) is 3.27. The van der Waals surface area contributed by atoms with Gasteiger partial charge in [0.05, 0.1) is 24.4 Å². The van der Waals surface area contributed by atoms with Gasteiger partial charge in [0.2, 0.25) is 0 Å². The van der Waals surface area contributed by atoms with Crippen molar-refractivity contribution in [2.45, 2.75) is 6.61 Å². The molecular weight excluding hydrogens is 326 g/mol. The number of morpholine rings is 1. The molecule has 1 aliphatic rings. The molecule has 6 nitrogen and oxygen atoms in total. The molecule has 1 saturated heterocycles. The van der Waals surface area contributed by atoms with Gasteiger partial charge in [-0.15, -0.1) is 11.3 Å². The van der Waals surface area contributed by atoms with E-state index in [0.717, 1.165) is 38.5 Å². The number of carbonyl (C=O) groups excluding carboxylic acids is 1. The Morgan fingerprint density at radius 1 is 1.38 bits per heavy atom. The molecule has 0 bridgehead atoms. The summed E-state index contributed by atoms with van der Waals surface area (Å²) in [6.45, 7) is 5.27. The fraction of sp³-hybridized carbons (Fsp3) is 0.412. The number of hydrogen-bond donors (Lipinski definition) is 1. The van der Waals surface area contributed by atoms with Crippen LogP contribution in [0, 0.1) is 0 Å². The van der Waals surface area contributed by atoms with Crippen LogP contribution >= 0.6 is 11.3 Å². The van der Waals surface area contributed by atoms with Gasteiger partial charge in [-0.25, -0.2) is 4.98 Å². The third kappa shape index (κ3) is 5.02. The molecule has 1 fully saturated rings. The minimum absolute atomic E-state index is 0.0811. The molecule has 2 heterocycles. The summed E-state index contributed by atoms with van der Waals surface area (Å²) in [6.07, 6.45) is 0. The zero-order chi connectivity index (χ0) is 16.6. The first kappa shape index (κ1) is 16.9. The average molecular weight is 347 g/mol. The first-order chi connectivity index (χ1) is 11.8. The number of hydrogen-bond acceptors (Lipinski definition) is 6. The number of thiazole rings is 1. The van der Waals surface area contributed by atoms with Crippen molar-refractivity contribution in [1.29, 1.82) is 0 Å². The Morgan fingerprint density at radius 3 is 3.04 bits per heavy atom. The number of carbonyl (C=O) groups is 1. The Balaban J connectivity index is 1.46. The molecule has 1 aromatic heterocycles. The average Bonchev–Trinajstić information content (AvgIpc) is 3.15. The van der Waals surface area contributed by atoms with Crippen molar-refractivity contribution < 1.29 is 14.3 Å². The Hall–Kier alpha value is -1.96. The Labute approximate surface area is 145 Å².